The molecule has 1 aliphatic rings. The van der Waals surface area contributed by atoms with Crippen molar-refractivity contribution < 1.29 is 5.11 Å². The average molecular weight is 289 g/mol. The van der Waals surface area contributed by atoms with Gasteiger partial charge in [0.25, 0.3) is 0 Å². The Hall–Kier alpha value is -0.860. The van der Waals surface area contributed by atoms with Gasteiger partial charge in [0.1, 0.15) is 0 Å². The molecule has 1 saturated carbocycles. The van der Waals surface area contributed by atoms with Gasteiger partial charge in [0.15, 0.2) is 0 Å². The number of benzene rings is 1. The van der Waals surface area contributed by atoms with Crippen LogP contribution in [0.1, 0.15) is 63.6 Å². The highest BCUT2D eigenvalue weighted by atomic mass is 16.3. The standard InChI is InChI=1S/C19H31NO/c1-14(2)12-16-8-10-17(11-9-16)15(3)20-13-18-6-4-5-7-19(18)21/h8-11,14-15,18-21H,4-7,12-13H2,1-3H3. The zero-order valence-electron chi connectivity index (χ0n) is 13.8. The summed E-state index contributed by atoms with van der Waals surface area (Å²) in [5.41, 5.74) is 2.76. The summed E-state index contributed by atoms with van der Waals surface area (Å²) in [6.07, 6.45) is 5.63. The first-order chi connectivity index (χ1) is 10.1. The molecule has 0 amide bonds. The lowest BCUT2D eigenvalue weighted by Gasteiger charge is -2.29. The van der Waals surface area contributed by atoms with Crippen LogP contribution in [0.2, 0.25) is 0 Å². The second kappa shape index (κ2) is 7.95. The lowest BCUT2D eigenvalue weighted by molar-refractivity contribution is 0.0684. The van der Waals surface area contributed by atoms with E-state index < -0.39 is 0 Å². The fourth-order valence-electron chi connectivity index (χ4n) is 3.29. The van der Waals surface area contributed by atoms with Crippen LogP contribution < -0.4 is 5.32 Å². The van der Waals surface area contributed by atoms with E-state index in [4.69, 9.17) is 0 Å². The van der Waals surface area contributed by atoms with Crippen LogP contribution in [-0.2, 0) is 6.42 Å². The van der Waals surface area contributed by atoms with Crippen molar-refractivity contribution in [1.82, 2.24) is 5.32 Å². The Kier molecular flexibility index (Phi) is 6.25. The van der Waals surface area contributed by atoms with E-state index >= 15 is 0 Å². The predicted octanol–water partition coefficient (Wildman–Crippen LogP) is 4.09. The molecule has 2 rings (SSSR count). The Morgan fingerprint density at radius 1 is 1.10 bits per heavy atom. The summed E-state index contributed by atoms with van der Waals surface area (Å²) in [7, 11) is 0. The largest absolute Gasteiger partial charge is 0.393 e. The molecule has 0 bridgehead atoms. The second-order valence-corrected chi connectivity index (χ2v) is 7.08. The summed E-state index contributed by atoms with van der Waals surface area (Å²) in [6, 6.07) is 9.35. The van der Waals surface area contributed by atoms with Gasteiger partial charge in [0.2, 0.25) is 0 Å². The van der Waals surface area contributed by atoms with Gasteiger partial charge in [0, 0.05) is 12.6 Å². The van der Waals surface area contributed by atoms with Crippen molar-refractivity contribution in [3.8, 4) is 0 Å². The molecular weight excluding hydrogens is 258 g/mol. The highest BCUT2D eigenvalue weighted by Gasteiger charge is 2.23. The third kappa shape index (κ3) is 5.12. The van der Waals surface area contributed by atoms with Crippen molar-refractivity contribution in [3.63, 3.8) is 0 Å². The highest BCUT2D eigenvalue weighted by molar-refractivity contribution is 5.25. The Morgan fingerprint density at radius 2 is 1.76 bits per heavy atom. The highest BCUT2D eigenvalue weighted by Crippen LogP contribution is 2.24. The normalized spacial score (nSPS) is 24.2. The molecule has 0 spiro atoms. The van der Waals surface area contributed by atoms with Crippen LogP contribution in [0.5, 0.6) is 0 Å². The van der Waals surface area contributed by atoms with Crippen molar-refractivity contribution in [2.24, 2.45) is 11.8 Å². The number of aliphatic hydroxyl groups excluding tert-OH is 1. The molecule has 1 fully saturated rings. The Bertz CT molecular complexity index is 412. The van der Waals surface area contributed by atoms with Crippen LogP contribution >= 0.6 is 0 Å². The predicted molar refractivity (Wildman–Crippen MR) is 89.4 cm³/mol. The van der Waals surface area contributed by atoms with Gasteiger partial charge in [-0.25, -0.2) is 0 Å². The quantitative estimate of drug-likeness (QED) is 0.827. The molecule has 1 aromatic rings. The summed E-state index contributed by atoms with van der Waals surface area (Å²) in [5, 5.41) is 13.6. The maximum absolute atomic E-state index is 10.0. The zero-order chi connectivity index (χ0) is 15.2. The van der Waals surface area contributed by atoms with Gasteiger partial charge in [-0.3, -0.25) is 0 Å². The maximum Gasteiger partial charge on any atom is 0.0580 e. The number of rotatable bonds is 6. The zero-order valence-corrected chi connectivity index (χ0v) is 13.8. The molecule has 0 radical (unpaired) electrons. The van der Waals surface area contributed by atoms with Gasteiger partial charge >= 0.3 is 0 Å². The molecule has 2 nitrogen and oxygen atoms in total. The van der Waals surface area contributed by atoms with E-state index in [0.29, 0.717) is 17.9 Å². The summed E-state index contributed by atoms with van der Waals surface area (Å²) in [6.45, 7) is 7.66. The SMILES string of the molecule is CC(C)Cc1ccc(C(C)NCC2CCCCC2O)cc1. The Labute approximate surface area is 130 Å². The fourth-order valence-corrected chi connectivity index (χ4v) is 3.29. The minimum Gasteiger partial charge on any atom is -0.393 e. The van der Waals surface area contributed by atoms with E-state index in [2.05, 4.69) is 50.4 Å². The molecule has 1 aromatic carbocycles. The third-order valence-corrected chi connectivity index (χ3v) is 4.68. The van der Waals surface area contributed by atoms with Gasteiger partial charge in [-0.2, -0.15) is 0 Å². The molecule has 118 valence electrons. The fraction of sp³-hybridized carbons (Fsp3) is 0.684. The van der Waals surface area contributed by atoms with Crippen molar-refractivity contribution in [1.29, 1.82) is 0 Å². The van der Waals surface area contributed by atoms with Gasteiger partial charge in [0.05, 0.1) is 6.10 Å². The van der Waals surface area contributed by atoms with E-state index in [1.54, 1.807) is 0 Å². The van der Waals surface area contributed by atoms with Crippen LogP contribution in [0, 0.1) is 11.8 Å². The smallest absolute Gasteiger partial charge is 0.0580 e. The minimum atomic E-state index is -0.105. The monoisotopic (exact) mass is 289 g/mol. The first kappa shape index (κ1) is 16.5. The summed E-state index contributed by atoms with van der Waals surface area (Å²) >= 11 is 0. The van der Waals surface area contributed by atoms with Crippen molar-refractivity contribution in [2.45, 2.75) is 65.0 Å². The molecular formula is C19H31NO. The number of nitrogens with one attached hydrogen (secondary N) is 1. The van der Waals surface area contributed by atoms with Crippen LogP contribution in [-0.4, -0.2) is 17.8 Å². The Balaban J connectivity index is 1.83. The second-order valence-electron chi connectivity index (χ2n) is 7.08. The summed E-state index contributed by atoms with van der Waals surface area (Å²) in [5.74, 6) is 1.14. The van der Waals surface area contributed by atoms with Crippen LogP contribution in [0.25, 0.3) is 0 Å². The molecule has 2 heteroatoms. The molecule has 0 aliphatic heterocycles. The van der Waals surface area contributed by atoms with E-state index in [-0.39, 0.29) is 6.10 Å². The number of aliphatic hydroxyl groups is 1. The van der Waals surface area contributed by atoms with Gasteiger partial charge in [-0.1, -0.05) is 51.0 Å². The Morgan fingerprint density at radius 3 is 2.38 bits per heavy atom. The van der Waals surface area contributed by atoms with Crippen molar-refractivity contribution in [2.75, 3.05) is 6.54 Å². The summed E-state index contributed by atoms with van der Waals surface area (Å²) in [4.78, 5) is 0. The van der Waals surface area contributed by atoms with E-state index in [1.807, 2.05) is 0 Å². The lowest BCUT2D eigenvalue weighted by Crippen LogP contribution is -2.34. The average Bonchev–Trinajstić information content (AvgIpc) is 2.46. The number of hydrogen-bond acceptors (Lipinski definition) is 2. The van der Waals surface area contributed by atoms with Gasteiger partial charge < -0.3 is 10.4 Å². The molecule has 2 N–H and O–H groups in total. The van der Waals surface area contributed by atoms with E-state index in [1.165, 1.54) is 24.0 Å². The van der Waals surface area contributed by atoms with Crippen LogP contribution in [0.3, 0.4) is 0 Å². The minimum absolute atomic E-state index is 0.105. The molecule has 21 heavy (non-hydrogen) atoms. The lowest BCUT2D eigenvalue weighted by atomic mass is 9.86. The first-order valence-electron chi connectivity index (χ1n) is 8.56. The summed E-state index contributed by atoms with van der Waals surface area (Å²) < 4.78 is 0. The molecule has 0 aromatic heterocycles. The first-order valence-corrected chi connectivity index (χ1v) is 8.56. The van der Waals surface area contributed by atoms with Crippen LogP contribution in [0.4, 0.5) is 0 Å². The van der Waals surface area contributed by atoms with Crippen molar-refractivity contribution >= 4 is 0 Å². The topological polar surface area (TPSA) is 32.3 Å². The molecule has 1 aliphatic carbocycles. The van der Waals surface area contributed by atoms with Crippen LogP contribution in [0.15, 0.2) is 24.3 Å². The van der Waals surface area contributed by atoms with E-state index in [9.17, 15) is 5.11 Å². The van der Waals surface area contributed by atoms with Crippen molar-refractivity contribution in [3.05, 3.63) is 35.4 Å². The maximum atomic E-state index is 10.0. The number of hydrogen-bond donors (Lipinski definition) is 2. The van der Waals surface area contributed by atoms with E-state index in [0.717, 1.165) is 25.8 Å². The molecule has 3 atom stereocenters. The third-order valence-electron chi connectivity index (χ3n) is 4.68. The van der Waals surface area contributed by atoms with Gasteiger partial charge in [-0.15, -0.1) is 0 Å². The molecule has 0 saturated heterocycles. The van der Waals surface area contributed by atoms with Gasteiger partial charge in [-0.05, 0) is 49.1 Å². The molecule has 0 heterocycles. The molecule has 3 unspecified atom stereocenters.